The average molecular weight is 250 g/mol. The van der Waals surface area contributed by atoms with E-state index < -0.39 is 5.91 Å². The summed E-state index contributed by atoms with van der Waals surface area (Å²) in [5, 5.41) is 0. The fraction of sp³-hybridized carbons (Fsp3) is 0.571. The summed E-state index contributed by atoms with van der Waals surface area (Å²) in [5.74, 6) is 0.311. The summed E-state index contributed by atoms with van der Waals surface area (Å²) >= 11 is 0. The highest BCUT2D eigenvalue weighted by Crippen LogP contribution is 2.31. The van der Waals surface area contributed by atoms with Crippen LogP contribution in [0, 0.1) is 0 Å². The van der Waals surface area contributed by atoms with Gasteiger partial charge in [-0.3, -0.25) is 4.79 Å². The summed E-state index contributed by atoms with van der Waals surface area (Å²) in [5.41, 5.74) is 6.76. The zero-order chi connectivity index (χ0) is 13.5. The molecule has 4 nitrogen and oxygen atoms in total. The predicted octanol–water partition coefficient (Wildman–Crippen LogP) is 2.87. The minimum Gasteiger partial charge on any atom is -0.481 e. The maximum absolute atomic E-state index is 11.5. The summed E-state index contributed by atoms with van der Waals surface area (Å²) in [6.07, 6.45) is 6.07. The molecule has 1 aromatic rings. The van der Waals surface area contributed by atoms with Crippen LogP contribution >= 0.6 is 0 Å². The van der Waals surface area contributed by atoms with Crippen molar-refractivity contribution in [1.29, 1.82) is 0 Å². The van der Waals surface area contributed by atoms with Crippen LogP contribution in [0.2, 0.25) is 0 Å². The third kappa shape index (κ3) is 3.45. The average Bonchev–Trinajstić information content (AvgIpc) is 2.37. The van der Waals surface area contributed by atoms with Gasteiger partial charge in [-0.2, -0.15) is 0 Å². The molecule has 0 aliphatic carbocycles. The minimum absolute atomic E-state index is 0.225. The van der Waals surface area contributed by atoms with Gasteiger partial charge in [0.2, 0.25) is 11.8 Å². The zero-order valence-corrected chi connectivity index (χ0v) is 11.4. The molecule has 18 heavy (non-hydrogen) atoms. The first-order valence-electron chi connectivity index (χ1n) is 6.44. The monoisotopic (exact) mass is 250 g/mol. The second-order valence-corrected chi connectivity index (χ2v) is 4.54. The Morgan fingerprint density at radius 3 is 2.78 bits per heavy atom. The van der Waals surface area contributed by atoms with Crippen LogP contribution in [0.25, 0.3) is 0 Å². The first kappa shape index (κ1) is 14.5. The molecule has 1 aromatic heterocycles. The van der Waals surface area contributed by atoms with Crippen LogP contribution in [0.15, 0.2) is 12.3 Å². The van der Waals surface area contributed by atoms with Gasteiger partial charge in [-0.05, 0) is 18.4 Å². The molecule has 4 heteroatoms. The number of carbonyl (C=O) groups is 1. The number of nitrogens with zero attached hydrogens (tertiary/aromatic N) is 1. The fourth-order valence-electron chi connectivity index (χ4n) is 2.15. The van der Waals surface area contributed by atoms with E-state index in [4.69, 9.17) is 10.5 Å². The van der Waals surface area contributed by atoms with Gasteiger partial charge in [0.15, 0.2) is 0 Å². The van der Waals surface area contributed by atoms with E-state index in [1.165, 1.54) is 12.8 Å². The highest BCUT2D eigenvalue weighted by atomic mass is 16.5. The minimum atomic E-state index is -0.423. The Balaban J connectivity index is 2.99. The second-order valence-electron chi connectivity index (χ2n) is 4.54. The number of methoxy groups -OCH3 is 1. The number of pyridine rings is 1. The Morgan fingerprint density at radius 1 is 1.50 bits per heavy atom. The molecule has 100 valence electrons. The van der Waals surface area contributed by atoms with Crippen molar-refractivity contribution >= 4 is 5.91 Å². The third-order valence-electron chi connectivity index (χ3n) is 3.15. The van der Waals surface area contributed by atoms with Gasteiger partial charge in [0.1, 0.15) is 0 Å². The van der Waals surface area contributed by atoms with Crippen molar-refractivity contribution in [3.8, 4) is 5.88 Å². The summed E-state index contributed by atoms with van der Waals surface area (Å²) in [4.78, 5) is 15.6. The summed E-state index contributed by atoms with van der Waals surface area (Å²) in [7, 11) is 1.56. The molecule has 1 unspecified atom stereocenters. The zero-order valence-electron chi connectivity index (χ0n) is 11.4. The summed E-state index contributed by atoms with van der Waals surface area (Å²) in [6.45, 7) is 4.26. The van der Waals surface area contributed by atoms with Crippen molar-refractivity contribution in [2.75, 3.05) is 7.11 Å². The van der Waals surface area contributed by atoms with Gasteiger partial charge in [0.25, 0.3) is 0 Å². The molecular formula is C14H22N2O2. The Morgan fingerprint density at radius 2 is 2.22 bits per heavy atom. The van der Waals surface area contributed by atoms with Crippen molar-refractivity contribution in [3.05, 3.63) is 23.4 Å². The van der Waals surface area contributed by atoms with E-state index in [1.807, 2.05) is 0 Å². The van der Waals surface area contributed by atoms with E-state index in [0.29, 0.717) is 11.4 Å². The number of primary amides is 1. The SMILES string of the molecule is CCCCCC(C)c1c(C(N)=O)ccnc1OC. The number of ether oxygens (including phenoxy) is 1. The Hall–Kier alpha value is -1.58. The normalized spacial score (nSPS) is 12.2. The van der Waals surface area contributed by atoms with Gasteiger partial charge in [-0.25, -0.2) is 4.98 Å². The summed E-state index contributed by atoms with van der Waals surface area (Å²) < 4.78 is 5.24. The predicted molar refractivity (Wildman–Crippen MR) is 71.9 cm³/mol. The second kappa shape index (κ2) is 6.99. The van der Waals surface area contributed by atoms with Crippen molar-refractivity contribution in [2.24, 2.45) is 5.73 Å². The lowest BCUT2D eigenvalue weighted by molar-refractivity contribution is 0.0998. The molecular weight excluding hydrogens is 228 g/mol. The quantitative estimate of drug-likeness (QED) is 0.757. The number of rotatable bonds is 7. The Kier molecular flexibility index (Phi) is 5.62. The number of unbranched alkanes of at least 4 members (excludes halogenated alkanes) is 2. The molecule has 2 N–H and O–H groups in total. The van der Waals surface area contributed by atoms with Crippen molar-refractivity contribution in [1.82, 2.24) is 4.98 Å². The maximum Gasteiger partial charge on any atom is 0.249 e. The third-order valence-corrected chi connectivity index (χ3v) is 3.15. The number of carbonyl (C=O) groups excluding carboxylic acids is 1. The molecule has 0 fully saturated rings. The summed E-state index contributed by atoms with van der Waals surface area (Å²) in [6, 6.07) is 1.66. The molecule has 1 rings (SSSR count). The van der Waals surface area contributed by atoms with E-state index >= 15 is 0 Å². The topological polar surface area (TPSA) is 65.2 Å². The molecule has 0 radical (unpaired) electrons. The lowest BCUT2D eigenvalue weighted by Gasteiger charge is -2.17. The van der Waals surface area contributed by atoms with Gasteiger partial charge in [0.05, 0.1) is 7.11 Å². The van der Waals surface area contributed by atoms with Gasteiger partial charge in [-0.15, -0.1) is 0 Å². The highest BCUT2D eigenvalue weighted by molar-refractivity contribution is 5.95. The molecule has 0 bridgehead atoms. The molecule has 0 aliphatic heterocycles. The first-order valence-corrected chi connectivity index (χ1v) is 6.44. The van der Waals surface area contributed by atoms with Crippen LogP contribution in [-0.4, -0.2) is 18.0 Å². The number of nitrogens with two attached hydrogens (primary N) is 1. The van der Waals surface area contributed by atoms with E-state index in [-0.39, 0.29) is 5.92 Å². The van der Waals surface area contributed by atoms with Crippen LogP contribution < -0.4 is 10.5 Å². The lowest BCUT2D eigenvalue weighted by Crippen LogP contribution is -2.16. The van der Waals surface area contributed by atoms with Gasteiger partial charge < -0.3 is 10.5 Å². The van der Waals surface area contributed by atoms with Gasteiger partial charge in [-0.1, -0.05) is 33.1 Å². The molecule has 0 saturated heterocycles. The van der Waals surface area contributed by atoms with Crippen LogP contribution in [0.1, 0.15) is 61.4 Å². The smallest absolute Gasteiger partial charge is 0.249 e. The van der Waals surface area contributed by atoms with Crippen molar-refractivity contribution < 1.29 is 9.53 Å². The van der Waals surface area contributed by atoms with Crippen molar-refractivity contribution in [2.45, 2.75) is 45.4 Å². The standard InChI is InChI=1S/C14H22N2O2/c1-4-5-6-7-10(2)12-11(13(15)17)8-9-16-14(12)18-3/h8-10H,4-7H2,1-3H3,(H2,15,17). The Bertz CT molecular complexity index is 405. The van der Waals surface area contributed by atoms with Crippen LogP contribution in [0.3, 0.4) is 0 Å². The van der Waals surface area contributed by atoms with E-state index in [0.717, 1.165) is 18.4 Å². The molecule has 0 aromatic carbocycles. The maximum atomic E-state index is 11.5. The molecule has 0 spiro atoms. The van der Waals surface area contributed by atoms with E-state index in [2.05, 4.69) is 18.8 Å². The molecule has 1 atom stereocenters. The number of aromatic nitrogens is 1. The molecule has 1 heterocycles. The Labute approximate surface area is 109 Å². The first-order chi connectivity index (χ1) is 8.61. The largest absolute Gasteiger partial charge is 0.481 e. The van der Waals surface area contributed by atoms with Crippen LogP contribution in [0.5, 0.6) is 5.88 Å². The molecule has 0 aliphatic rings. The highest BCUT2D eigenvalue weighted by Gasteiger charge is 2.19. The van der Waals surface area contributed by atoms with E-state index in [1.54, 1.807) is 19.4 Å². The van der Waals surface area contributed by atoms with Crippen molar-refractivity contribution in [3.63, 3.8) is 0 Å². The van der Waals surface area contributed by atoms with Gasteiger partial charge >= 0.3 is 0 Å². The number of hydrogen-bond acceptors (Lipinski definition) is 3. The lowest BCUT2D eigenvalue weighted by atomic mass is 9.92. The fourth-order valence-corrected chi connectivity index (χ4v) is 2.15. The molecule has 1 amide bonds. The number of amides is 1. The molecule has 0 saturated carbocycles. The van der Waals surface area contributed by atoms with Gasteiger partial charge in [0, 0.05) is 17.3 Å². The van der Waals surface area contributed by atoms with Crippen LogP contribution in [0.4, 0.5) is 0 Å². The van der Waals surface area contributed by atoms with Crippen LogP contribution in [-0.2, 0) is 0 Å². The number of hydrogen-bond donors (Lipinski definition) is 1. The van der Waals surface area contributed by atoms with E-state index in [9.17, 15) is 4.79 Å².